The highest BCUT2D eigenvalue weighted by molar-refractivity contribution is 6.31. The molecule has 2 aliphatic heterocycles. The van der Waals surface area contributed by atoms with Gasteiger partial charge in [0.15, 0.2) is 0 Å². The maximum absolute atomic E-state index is 14.6. The van der Waals surface area contributed by atoms with Crippen molar-refractivity contribution in [3.05, 3.63) is 59.8 Å². The molecule has 0 atom stereocenters. The summed E-state index contributed by atoms with van der Waals surface area (Å²) < 4.78 is 28.7. The Balaban J connectivity index is 1.49. The van der Waals surface area contributed by atoms with E-state index in [9.17, 15) is 18.4 Å². The minimum absolute atomic E-state index is 0.149. The van der Waals surface area contributed by atoms with Gasteiger partial charge in [0.05, 0.1) is 16.9 Å². The summed E-state index contributed by atoms with van der Waals surface area (Å²) >= 11 is 0. The molecule has 4 rings (SSSR count). The fourth-order valence-corrected chi connectivity index (χ4v) is 3.76. The summed E-state index contributed by atoms with van der Waals surface area (Å²) in [7, 11) is 0. The Kier molecular flexibility index (Phi) is 4.92. The van der Waals surface area contributed by atoms with Gasteiger partial charge in [-0.2, -0.15) is 0 Å². The maximum atomic E-state index is 14.6. The van der Waals surface area contributed by atoms with Crippen molar-refractivity contribution < 1.29 is 18.4 Å². The summed E-state index contributed by atoms with van der Waals surface area (Å²) in [5.74, 6) is -1.83. The van der Waals surface area contributed by atoms with Crippen molar-refractivity contribution in [1.29, 1.82) is 0 Å². The fourth-order valence-electron chi connectivity index (χ4n) is 3.76. The molecule has 29 heavy (non-hydrogen) atoms. The zero-order valence-corrected chi connectivity index (χ0v) is 15.5. The van der Waals surface area contributed by atoms with Crippen LogP contribution >= 0.6 is 0 Å². The number of nitrogens with zero attached hydrogens (tertiary/aromatic N) is 1. The highest BCUT2D eigenvalue weighted by Gasteiger charge is 2.27. The van der Waals surface area contributed by atoms with Gasteiger partial charge >= 0.3 is 0 Å². The number of hydrogen-bond donors (Lipinski definition) is 3. The van der Waals surface area contributed by atoms with Gasteiger partial charge in [0.2, 0.25) is 5.91 Å². The molecule has 2 aromatic rings. The van der Waals surface area contributed by atoms with Crippen LogP contribution in [0.2, 0.25) is 0 Å². The molecule has 8 heteroatoms. The van der Waals surface area contributed by atoms with Crippen molar-refractivity contribution >= 4 is 34.4 Å². The average molecular weight is 398 g/mol. The van der Waals surface area contributed by atoms with Crippen LogP contribution in [-0.2, 0) is 9.59 Å². The van der Waals surface area contributed by atoms with Gasteiger partial charge in [0.25, 0.3) is 5.91 Å². The first-order valence-electron chi connectivity index (χ1n) is 9.35. The van der Waals surface area contributed by atoms with Gasteiger partial charge in [-0.25, -0.2) is 8.78 Å². The highest BCUT2D eigenvalue weighted by Crippen LogP contribution is 2.34. The number of carbonyl (C=O) groups is 2. The lowest BCUT2D eigenvalue weighted by atomic mass is 9.96. The van der Waals surface area contributed by atoms with Crippen LogP contribution in [0, 0.1) is 17.6 Å². The Morgan fingerprint density at radius 1 is 1.17 bits per heavy atom. The van der Waals surface area contributed by atoms with Gasteiger partial charge in [-0.15, -0.1) is 0 Å². The predicted octanol–water partition coefficient (Wildman–Crippen LogP) is 3.07. The van der Waals surface area contributed by atoms with Crippen LogP contribution in [0.15, 0.2) is 42.6 Å². The number of anilines is 3. The van der Waals surface area contributed by atoms with Crippen molar-refractivity contribution in [3.63, 3.8) is 0 Å². The van der Waals surface area contributed by atoms with Crippen molar-refractivity contribution in [3.8, 4) is 0 Å². The molecular weight excluding hydrogens is 378 g/mol. The van der Waals surface area contributed by atoms with Crippen LogP contribution in [0.4, 0.5) is 25.8 Å². The molecule has 0 saturated carbocycles. The van der Waals surface area contributed by atoms with Crippen LogP contribution in [0.3, 0.4) is 0 Å². The van der Waals surface area contributed by atoms with E-state index in [1.807, 2.05) is 4.90 Å². The molecule has 4 N–H and O–H groups in total. The number of rotatable bonds is 4. The minimum Gasteiger partial charge on any atom is -0.369 e. The predicted molar refractivity (Wildman–Crippen MR) is 107 cm³/mol. The minimum atomic E-state index is -0.505. The van der Waals surface area contributed by atoms with Crippen LogP contribution < -0.4 is 21.3 Å². The van der Waals surface area contributed by atoms with E-state index in [0.717, 1.165) is 0 Å². The third kappa shape index (κ3) is 3.65. The smallest absolute Gasteiger partial charge is 0.257 e. The molecule has 0 bridgehead atoms. The van der Waals surface area contributed by atoms with Gasteiger partial charge < -0.3 is 21.3 Å². The summed E-state index contributed by atoms with van der Waals surface area (Å²) in [6.45, 7) is 1.11. The lowest BCUT2D eigenvalue weighted by Crippen LogP contribution is -2.38. The summed E-state index contributed by atoms with van der Waals surface area (Å²) in [6, 6.07) is 9.07. The summed E-state index contributed by atoms with van der Waals surface area (Å²) in [5, 5.41) is 5.47. The van der Waals surface area contributed by atoms with Crippen LogP contribution in [0.5, 0.6) is 0 Å². The van der Waals surface area contributed by atoms with E-state index in [4.69, 9.17) is 5.73 Å². The molecule has 2 aliphatic rings. The Bertz CT molecular complexity index is 1010. The van der Waals surface area contributed by atoms with Crippen molar-refractivity contribution in [2.45, 2.75) is 12.8 Å². The Hall–Kier alpha value is -3.42. The largest absolute Gasteiger partial charge is 0.369 e. The molecule has 0 unspecified atom stereocenters. The zero-order chi connectivity index (χ0) is 20.5. The van der Waals surface area contributed by atoms with E-state index < -0.39 is 17.5 Å². The number of amides is 2. The lowest BCUT2D eigenvalue weighted by Gasteiger charge is -2.32. The third-order valence-electron chi connectivity index (χ3n) is 5.34. The second-order valence-corrected chi connectivity index (χ2v) is 7.15. The topological polar surface area (TPSA) is 87.5 Å². The number of halogens is 2. The number of nitrogens with one attached hydrogen (secondary N) is 2. The number of hydrogen-bond acceptors (Lipinski definition) is 4. The Labute approximate surface area is 166 Å². The van der Waals surface area contributed by atoms with E-state index in [2.05, 4.69) is 10.6 Å². The first-order chi connectivity index (χ1) is 13.9. The number of fused-ring (bicyclic) bond motifs is 1. The molecule has 2 heterocycles. The molecular formula is C21H20F2N4O2. The van der Waals surface area contributed by atoms with E-state index >= 15 is 0 Å². The standard InChI is InChI=1S/C21H20F2N4O2/c22-15-2-1-3-17-19(15)14(21(29)26-17)11-25-13-4-5-18(16(23)10-13)27-8-6-12(7-9-27)20(24)28/h1-5,10-12,25H,6-9H2,(H2,24,28)(H,26,29). The summed E-state index contributed by atoms with van der Waals surface area (Å²) in [6.07, 6.45) is 2.57. The van der Waals surface area contributed by atoms with Crippen LogP contribution in [0.1, 0.15) is 18.4 Å². The molecule has 1 saturated heterocycles. The van der Waals surface area contributed by atoms with Crippen LogP contribution in [-0.4, -0.2) is 24.9 Å². The Morgan fingerprint density at radius 2 is 1.93 bits per heavy atom. The van der Waals surface area contributed by atoms with E-state index in [-0.39, 0.29) is 23.0 Å². The van der Waals surface area contributed by atoms with Gasteiger partial charge in [0.1, 0.15) is 11.6 Å². The molecule has 0 radical (unpaired) electrons. The molecule has 0 spiro atoms. The van der Waals surface area contributed by atoms with Gasteiger partial charge in [-0.1, -0.05) is 6.07 Å². The van der Waals surface area contributed by atoms with Gasteiger partial charge in [0, 0.05) is 36.5 Å². The SMILES string of the molecule is NC(=O)C1CCN(c2ccc(NC=C3C(=O)Nc4cccc(F)c43)cc2F)CC1. The van der Waals surface area contributed by atoms with Crippen molar-refractivity contribution in [1.82, 2.24) is 0 Å². The number of primary amides is 1. The normalized spacial score (nSPS) is 17.9. The van der Waals surface area contributed by atoms with E-state index in [1.54, 1.807) is 18.2 Å². The third-order valence-corrected chi connectivity index (χ3v) is 5.34. The van der Waals surface area contributed by atoms with E-state index in [0.29, 0.717) is 43.0 Å². The molecule has 6 nitrogen and oxygen atoms in total. The number of piperidine rings is 1. The van der Waals surface area contributed by atoms with Crippen molar-refractivity contribution in [2.24, 2.45) is 11.7 Å². The lowest BCUT2D eigenvalue weighted by molar-refractivity contribution is -0.122. The van der Waals surface area contributed by atoms with Crippen molar-refractivity contribution in [2.75, 3.05) is 28.6 Å². The highest BCUT2D eigenvalue weighted by atomic mass is 19.1. The second kappa shape index (κ2) is 7.54. The first kappa shape index (κ1) is 18.9. The number of carbonyl (C=O) groups excluding carboxylic acids is 2. The average Bonchev–Trinajstić information content (AvgIpc) is 3.03. The van der Waals surface area contributed by atoms with E-state index in [1.165, 1.54) is 24.4 Å². The number of benzene rings is 2. The molecule has 0 aliphatic carbocycles. The maximum Gasteiger partial charge on any atom is 0.257 e. The van der Waals surface area contributed by atoms with Crippen LogP contribution in [0.25, 0.3) is 5.57 Å². The zero-order valence-electron chi connectivity index (χ0n) is 15.5. The summed E-state index contributed by atoms with van der Waals surface area (Å²) in [5.41, 5.74) is 6.97. The quantitative estimate of drug-likeness (QED) is 0.691. The Morgan fingerprint density at radius 3 is 2.62 bits per heavy atom. The summed E-state index contributed by atoms with van der Waals surface area (Å²) in [4.78, 5) is 25.3. The molecule has 2 amide bonds. The molecule has 0 aromatic heterocycles. The first-order valence-corrected chi connectivity index (χ1v) is 9.35. The molecule has 2 aromatic carbocycles. The second-order valence-electron chi connectivity index (χ2n) is 7.15. The molecule has 1 fully saturated rings. The molecule has 150 valence electrons. The fraction of sp³-hybridized carbons (Fsp3) is 0.238. The van der Waals surface area contributed by atoms with Gasteiger partial charge in [-0.05, 0) is 43.2 Å². The monoisotopic (exact) mass is 398 g/mol. The number of nitrogens with two attached hydrogens (primary N) is 1. The van der Waals surface area contributed by atoms with Gasteiger partial charge in [-0.3, -0.25) is 9.59 Å².